The maximum Gasteiger partial charge on any atom is 0.271 e. The number of hydrogen-bond acceptors (Lipinski definition) is 3. The highest BCUT2D eigenvalue weighted by atomic mass is 16.5. The zero-order valence-electron chi connectivity index (χ0n) is 13.8. The molecular weight excluding hydrogens is 306 g/mol. The van der Waals surface area contributed by atoms with Crippen LogP contribution in [0.25, 0.3) is 0 Å². The first-order valence-corrected chi connectivity index (χ1v) is 8.06. The first-order valence-electron chi connectivity index (χ1n) is 8.06. The molecule has 0 bridgehead atoms. The summed E-state index contributed by atoms with van der Waals surface area (Å²) in [6, 6.07) is 11.5. The molecular formula is C18H21N3O3. The monoisotopic (exact) mass is 327 g/mol. The smallest absolute Gasteiger partial charge is 0.271 e. The molecule has 1 atom stereocenters. The number of aromatic nitrogens is 1. The Morgan fingerprint density at radius 3 is 2.54 bits per heavy atom. The first kappa shape index (κ1) is 16.1. The lowest BCUT2D eigenvalue weighted by Gasteiger charge is -2.14. The molecule has 0 saturated heterocycles. The SMILES string of the molecule is CNC(=O)c1[nH]c(C(=O)NC2CC2)cc1O[C@@H](C)c1ccccc1. The lowest BCUT2D eigenvalue weighted by Crippen LogP contribution is -2.26. The molecule has 1 saturated carbocycles. The van der Waals surface area contributed by atoms with E-state index in [9.17, 15) is 9.59 Å². The van der Waals surface area contributed by atoms with Gasteiger partial charge in [-0.05, 0) is 25.3 Å². The van der Waals surface area contributed by atoms with Crippen LogP contribution in [0, 0.1) is 0 Å². The molecule has 0 unspecified atom stereocenters. The highest BCUT2D eigenvalue weighted by Crippen LogP contribution is 2.27. The Morgan fingerprint density at radius 1 is 1.21 bits per heavy atom. The van der Waals surface area contributed by atoms with Crippen molar-refractivity contribution in [1.29, 1.82) is 0 Å². The van der Waals surface area contributed by atoms with E-state index in [1.807, 2.05) is 37.3 Å². The van der Waals surface area contributed by atoms with Crippen LogP contribution in [-0.2, 0) is 0 Å². The summed E-state index contributed by atoms with van der Waals surface area (Å²) in [5, 5.41) is 5.45. The summed E-state index contributed by atoms with van der Waals surface area (Å²) in [7, 11) is 1.54. The Morgan fingerprint density at radius 2 is 1.92 bits per heavy atom. The molecule has 1 aliphatic rings. The number of amides is 2. The second-order valence-electron chi connectivity index (χ2n) is 5.92. The van der Waals surface area contributed by atoms with Crippen molar-refractivity contribution >= 4 is 11.8 Å². The molecule has 126 valence electrons. The van der Waals surface area contributed by atoms with Crippen LogP contribution in [0.4, 0.5) is 0 Å². The molecule has 3 rings (SSSR count). The van der Waals surface area contributed by atoms with Crippen molar-refractivity contribution in [3.8, 4) is 5.75 Å². The van der Waals surface area contributed by atoms with Gasteiger partial charge in [-0.15, -0.1) is 0 Å². The second-order valence-corrected chi connectivity index (χ2v) is 5.92. The minimum Gasteiger partial charge on any atom is -0.484 e. The molecule has 1 heterocycles. The first-order chi connectivity index (χ1) is 11.6. The maximum atomic E-state index is 12.2. The average molecular weight is 327 g/mol. The standard InChI is InChI=1S/C18H21N3O3/c1-11(12-6-4-3-5-7-12)24-15-10-14(17(22)20-13-8-9-13)21-16(15)18(23)19-2/h3-7,10-11,13,21H,8-9H2,1-2H3,(H,19,23)(H,20,22)/t11-/m0/s1. The van der Waals surface area contributed by atoms with Crippen LogP contribution in [-0.4, -0.2) is 29.9 Å². The minimum absolute atomic E-state index is 0.218. The number of rotatable bonds is 6. The van der Waals surface area contributed by atoms with Gasteiger partial charge in [0.25, 0.3) is 11.8 Å². The Balaban J connectivity index is 1.83. The molecule has 1 aromatic carbocycles. The predicted octanol–water partition coefficient (Wildman–Crippen LogP) is 2.41. The molecule has 0 aliphatic heterocycles. The second kappa shape index (κ2) is 6.78. The zero-order valence-corrected chi connectivity index (χ0v) is 13.8. The van der Waals surface area contributed by atoms with Gasteiger partial charge in [0.2, 0.25) is 0 Å². The number of nitrogens with one attached hydrogen (secondary N) is 3. The summed E-state index contributed by atoms with van der Waals surface area (Å²) in [4.78, 5) is 27.1. The van der Waals surface area contributed by atoms with Crippen molar-refractivity contribution in [2.24, 2.45) is 0 Å². The van der Waals surface area contributed by atoms with E-state index in [0.717, 1.165) is 18.4 Å². The Hall–Kier alpha value is -2.76. The zero-order chi connectivity index (χ0) is 17.1. The molecule has 2 amide bonds. The van der Waals surface area contributed by atoms with E-state index in [2.05, 4.69) is 15.6 Å². The number of H-pyrrole nitrogens is 1. The van der Waals surface area contributed by atoms with E-state index < -0.39 is 0 Å². The van der Waals surface area contributed by atoms with E-state index in [1.54, 1.807) is 6.07 Å². The third kappa shape index (κ3) is 3.59. The van der Waals surface area contributed by atoms with Crippen molar-refractivity contribution < 1.29 is 14.3 Å². The Bertz CT molecular complexity index is 735. The number of carbonyl (C=O) groups excluding carboxylic acids is 2. The summed E-state index contributed by atoms with van der Waals surface area (Å²) in [6.45, 7) is 1.90. The van der Waals surface area contributed by atoms with Crippen molar-refractivity contribution in [3.63, 3.8) is 0 Å². The summed E-state index contributed by atoms with van der Waals surface area (Å²) in [5.41, 5.74) is 1.57. The molecule has 24 heavy (non-hydrogen) atoms. The predicted molar refractivity (Wildman–Crippen MR) is 90.2 cm³/mol. The van der Waals surface area contributed by atoms with Gasteiger partial charge in [0.05, 0.1) is 0 Å². The number of ether oxygens (including phenoxy) is 1. The van der Waals surface area contributed by atoms with Crippen LogP contribution in [0.15, 0.2) is 36.4 Å². The summed E-state index contributed by atoms with van der Waals surface area (Å²) in [5.74, 6) is -0.174. The highest BCUT2D eigenvalue weighted by Gasteiger charge is 2.26. The molecule has 1 aliphatic carbocycles. The lowest BCUT2D eigenvalue weighted by molar-refractivity contribution is 0.0946. The molecule has 0 spiro atoms. The molecule has 0 radical (unpaired) electrons. The maximum absolute atomic E-state index is 12.2. The van der Waals surface area contributed by atoms with Gasteiger partial charge in [-0.2, -0.15) is 0 Å². The van der Waals surface area contributed by atoms with Crippen LogP contribution in [0.1, 0.15) is 52.4 Å². The largest absolute Gasteiger partial charge is 0.484 e. The topological polar surface area (TPSA) is 83.2 Å². The van der Waals surface area contributed by atoms with Crippen LogP contribution in [0.2, 0.25) is 0 Å². The van der Waals surface area contributed by atoms with Crippen LogP contribution in [0.5, 0.6) is 5.75 Å². The van der Waals surface area contributed by atoms with Crippen LogP contribution >= 0.6 is 0 Å². The van der Waals surface area contributed by atoms with Gasteiger partial charge in [0.1, 0.15) is 17.5 Å². The molecule has 2 aromatic rings. The fraction of sp³-hybridized carbons (Fsp3) is 0.333. The molecule has 6 heteroatoms. The molecule has 1 aromatic heterocycles. The van der Waals surface area contributed by atoms with Crippen LogP contribution < -0.4 is 15.4 Å². The minimum atomic E-state index is -0.323. The molecule has 1 fully saturated rings. The number of carbonyl (C=O) groups is 2. The van der Waals surface area contributed by atoms with Gasteiger partial charge < -0.3 is 20.4 Å². The number of benzene rings is 1. The third-order valence-electron chi connectivity index (χ3n) is 3.97. The molecule has 6 nitrogen and oxygen atoms in total. The van der Waals surface area contributed by atoms with E-state index in [1.165, 1.54) is 7.05 Å². The Labute approximate surface area is 140 Å². The van der Waals surface area contributed by atoms with E-state index >= 15 is 0 Å². The van der Waals surface area contributed by atoms with E-state index in [0.29, 0.717) is 11.4 Å². The summed E-state index contributed by atoms with van der Waals surface area (Å²) in [6.07, 6.45) is 1.76. The van der Waals surface area contributed by atoms with E-state index in [-0.39, 0.29) is 29.7 Å². The summed E-state index contributed by atoms with van der Waals surface area (Å²) >= 11 is 0. The van der Waals surface area contributed by atoms with Gasteiger partial charge in [0, 0.05) is 19.2 Å². The highest BCUT2D eigenvalue weighted by molar-refractivity contribution is 5.99. The Kier molecular flexibility index (Phi) is 4.55. The van der Waals surface area contributed by atoms with Gasteiger partial charge in [-0.25, -0.2) is 0 Å². The van der Waals surface area contributed by atoms with Crippen molar-refractivity contribution in [2.45, 2.75) is 31.9 Å². The fourth-order valence-corrected chi connectivity index (χ4v) is 2.42. The van der Waals surface area contributed by atoms with Crippen LogP contribution in [0.3, 0.4) is 0 Å². The number of hydrogen-bond donors (Lipinski definition) is 3. The quantitative estimate of drug-likeness (QED) is 0.762. The van der Waals surface area contributed by atoms with E-state index in [4.69, 9.17) is 4.74 Å². The van der Waals surface area contributed by atoms with Gasteiger partial charge in [0.15, 0.2) is 5.75 Å². The average Bonchev–Trinajstić information content (AvgIpc) is 3.32. The normalized spacial score (nSPS) is 14.8. The summed E-state index contributed by atoms with van der Waals surface area (Å²) < 4.78 is 5.93. The van der Waals surface area contributed by atoms with Gasteiger partial charge in [-0.3, -0.25) is 9.59 Å². The van der Waals surface area contributed by atoms with Crippen molar-refractivity contribution in [1.82, 2.24) is 15.6 Å². The molecule has 3 N–H and O–H groups in total. The van der Waals surface area contributed by atoms with Gasteiger partial charge in [-0.1, -0.05) is 30.3 Å². The van der Waals surface area contributed by atoms with Gasteiger partial charge >= 0.3 is 0 Å². The fourth-order valence-electron chi connectivity index (χ4n) is 2.42. The third-order valence-corrected chi connectivity index (χ3v) is 3.97. The van der Waals surface area contributed by atoms with Crippen molar-refractivity contribution in [3.05, 3.63) is 53.3 Å². The van der Waals surface area contributed by atoms with Crippen molar-refractivity contribution in [2.75, 3.05) is 7.05 Å². The number of aromatic amines is 1. The lowest BCUT2D eigenvalue weighted by atomic mass is 10.1.